The molecule has 0 atom stereocenters. The highest BCUT2D eigenvalue weighted by molar-refractivity contribution is 5.95. The van der Waals surface area contributed by atoms with Crippen LogP contribution < -0.4 is 4.74 Å². The second-order valence-corrected chi connectivity index (χ2v) is 5.64. The van der Waals surface area contributed by atoms with E-state index < -0.39 is 0 Å². The number of hydrogen-bond acceptors (Lipinski definition) is 2. The predicted octanol–water partition coefficient (Wildman–Crippen LogP) is 3.88. The number of Topliss-reactive ketones (excluding diaryl/α,β-unsaturated/α-hetero) is 1. The normalized spacial score (nSPS) is 11.4. The van der Waals surface area contributed by atoms with Gasteiger partial charge < -0.3 is 4.74 Å². The van der Waals surface area contributed by atoms with Crippen molar-refractivity contribution in [1.82, 2.24) is 0 Å². The summed E-state index contributed by atoms with van der Waals surface area (Å²) in [5, 5.41) is 0. The maximum atomic E-state index is 11.5. The van der Waals surface area contributed by atoms with Gasteiger partial charge in [-0.3, -0.25) is 4.79 Å². The number of methoxy groups -OCH3 is 1. The Hall–Kier alpha value is -1.31. The van der Waals surface area contributed by atoms with Gasteiger partial charge in [0, 0.05) is 5.56 Å². The van der Waals surface area contributed by atoms with E-state index in [4.69, 9.17) is 4.74 Å². The molecule has 0 saturated carbocycles. The lowest BCUT2D eigenvalue weighted by molar-refractivity contribution is 0.101. The van der Waals surface area contributed by atoms with Crippen molar-refractivity contribution in [3.05, 3.63) is 29.3 Å². The Bertz CT molecular complexity index is 400. The van der Waals surface area contributed by atoms with Gasteiger partial charge in [0.2, 0.25) is 0 Å². The van der Waals surface area contributed by atoms with Crippen molar-refractivity contribution in [2.24, 2.45) is 5.41 Å². The van der Waals surface area contributed by atoms with Crippen molar-refractivity contribution in [3.8, 4) is 5.75 Å². The van der Waals surface area contributed by atoms with E-state index in [2.05, 4.69) is 20.8 Å². The maximum Gasteiger partial charge on any atom is 0.160 e. The molecule has 0 amide bonds. The van der Waals surface area contributed by atoms with Crippen molar-refractivity contribution in [1.29, 1.82) is 0 Å². The first kappa shape index (κ1) is 13.8. The monoisotopic (exact) mass is 234 g/mol. The van der Waals surface area contributed by atoms with E-state index in [0.717, 1.165) is 29.7 Å². The van der Waals surface area contributed by atoms with E-state index in [9.17, 15) is 4.79 Å². The summed E-state index contributed by atoms with van der Waals surface area (Å²) in [5.41, 5.74) is 2.18. The van der Waals surface area contributed by atoms with Crippen LogP contribution in [-0.4, -0.2) is 12.9 Å². The first-order valence-electron chi connectivity index (χ1n) is 6.01. The van der Waals surface area contributed by atoms with Crippen LogP contribution >= 0.6 is 0 Å². The molecule has 0 unspecified atom stereocenters. The standard InChI is InChI=1S/C15H22O2/c1-11(16)14-7-6-13(17-5)10-12(14)8-9-15(2,3)4/h6-7,10H,8-9H2,1-5H3. The molecule has 94 valence electrons. The number of rotatable bonds is 4. The number of ketones is 1. The Balaban J connectivity index is 2.97. The summed E-state index contributed by atoms with van der Waals surface area (Å²) >= 11 is 0. The van der Waals surface area contributed by atoms with E-state index in [1.807, 2.05) is 18.2 Å². The van der Waals surface area contributed by atoms with Crippen LogP contribution in [-0.2, 0) is 6.42 Å². The highest BCUT2D eigenvalue weighted by Gasteiger charge is 2.14. The molecule has 2 nitrogen and oxygen atoms in total. The molecule has 17 heavy (non-hydrogen) atoms. The van der Waals surface area contributed by atoms with Gasteiger partial charge in [-0.05, 0) is 48.9 Å². The van der Waals surface area contributed by atoms with Gasteiger partial charge in [0.25, 0.3) is 0 Å². The van der Waals surface area contributed by atoms with Crippen LogP contribution in [0.2, 0.25) is 0 Å². The molecular formula is C15H22O2. The third-order valence-electron chi connectivity index (χ3n) is 2.84. The minimum Gasteiger partial charge on any atom is -0.497 e. The van der Waals surface area contributed by atoms with Crippen LogP contribution in [0, 0.1) is 5.41 Å². The van der Waals surface area contributed by atoms with Gasteiger partial charge in [-0.15, -0.1) is 0 Å². The summed E-state index contributed by atoms with van der Waals surface area (Å²) in [4.78, 5) is 11.5. The number of carbonyl (C=O) groups is 1. The topological polar surface area (TPSA) is 26.3 Å². The van der Waals surface area contributed by atoms with Crippen LogP contribution in [0.25, 0.3) is 0 Å². The van der Waals surface area contributed by atoms with Crippen molar-refractivity contribution in [2.45, 2.75) is 40.5 Å². The fraction of sp³-hybridized carbons (Fsp3) is 0.533. The first-order valence-corrected chi connectivity index (χ1v) is 6.01. The molecule has 0 bridgehead atoms. The Morgan fingerprint density at radius 3 is 2.41 bits per heavy atom. The molecule has 1 aromatic carbocycles. The third kappa shape index (κ3) is 4.22. The van der Waals surface area contributed by atoms with Crippen LogP contribution in [0.4, 0.5) is 0 Å². The van der Waals surface area contributed by atoms with Crippen molar-refractivity contribution >= 4 is 5.78 Å². The van der Waals surface area contributed by atoms with E-state index in [1.165, 1.54) is 0 Å². The molecule has 0 N–H and O–H groups in total. The summed E-state index contributed by atoms with van der Waals surface area (Å²) in [6.45, 7) is 8.24. The zero-order valence-electron chi connectivity index (χ0n) is 11.5. The Morgan fingerprint density at radius 2 is 1.94 bits per heavy atom. The molecule has 2 heteroatoms. The van der Waals surface area contributed by atoms with Gasteiger partial charge in [0.05, 0.1) is 7.11 Å². The maximum absolute atomic E-state index is 11.5. The minimum atomic E-state index is 0.122. The van der Waals surface area contributed by atoms with Crippen LogP contribution in [0.3, 0.4) is 0 Å². The molecule has 0 aliphatic rings. The summed E-state index contributed by atoms with van der Waals surface area (Å²) in [5.74, 6) is 0.940. The lowest BCUT2D eigenvalue weighted by atomic mass is 9.87. The summed E-state index contributed by atoms with van der Waals surface area (Å²) in [7, 11) is 1.65. The summed E-state index contributed by atoms with van der Waals surface area (Å²) < 4.78 is 5.21. The smallest absolute Gasteiger partial charge is 0.160 e. The molecule has 1 rings (SSSR count). The first-order chi connectivity index (χ1) is 7.83. The van der Waals surface area contributed by atoms with Crippen LogP contribution in [0.15, 0.2) is 18.2 Å². The molecule has 0 fully saturated rings. The van der Waals surface area contributed by atoms with E-state index >= 15 is 0 Å². The molecule has 0 heterocycles. The second kappa shape index (κ2) is 5.35. The van der Waals surface area contributed by atoms with E-state index in [-0.39, 0.29) is 11.2 Å². The number of hydrogen-bond donors (Lipinski definition) is 0. The molecule has 0 saturated heterocycles. The average molecular weight is 234 g/mol. The number of benzene rings is 1. The molecule has 0 aliphatic heterocycles. The van der Waals surface area contributed by atoms with Gasteiger partial charge in [0.15, 0.2) is 5.78 Å². The molecule has 0 aliphatic carbocycles. The number of aryl methyl sites for hydroxylation is 1. The Morgan fingerprint density at radius 1 is 1.29 bits per heavy atom. The van der Waals surface area contributed by atoms with Gasteiger partial charge in [-0.2, -0.15) is 0 Å². The van der Waals surface area contributed by atoms with E-state index in [0.29, 0.717) is 0 Å². The highest BCUT2D eigenvalue weighted by atomic mass is 16.5. The Kier molecular flexibility index (Phi) is 4.33. The highest BCUT2D eigenvalue weighted by Crippen LogP contribution is 2.25. The van der Waals surface area contributed by atoms with Crippen molar-refractivity contribution in [3.63, 3.8) is 0 Å². The lowest BCUT2D eigenvalue weighted by Gasteiger charge is -2.19. The second-order valence-electron chi connectivity index (χ2n) is 5.64. The van der Waals surface area contributed by atoms with Crippen molar-refractivity contribution < 1.29 is 9.53 Å². The Labute approximate surface area is 104 Å². The molecule has 0 spiro atoms. The quantitative estimate of drug-likeness (QED) is 0.739. The molecule has 0 radical (unpaired) electrons. The lowest BCUT2D eigenvalue weighted by Crippen LogP contribution is -2.09. The fourth-order valence-corrected chi connectivity index (χ4v) is 1.76. The fourth-order valence-electron chi connectivity index (χ4n) is 1.76. The van der Waals surface area contributed by atoms with E-state index in [1.54, 1.807) is 14.0 Å². The van der Waals surface area contributed by atoms with Gasteiger partial charge in [-0.25, -0.2) is 0 Å². The summed E-state index contributed by atoms with van der Waals surface area (Å²) in [6, 6.07) is 5.68. The van der Waals surface area contributed by atoms with Gasteiger partial charge in [0.1, 0.15) is 5.75 Å². The minimum absolute atomic E-state index is 0.122. The number of ether oxygens (including phenoxy) is 1. The van der Waals surface area contributed by atoms with Crippen LogP contribution in [0.5, 0.6) is 5.75 Å². The summed E-state index contributed by atoms with van der Waals surface area (Å²) in [6.07, 6.45) is 1.97. The van der Waals surface area contributed by atoms with Gasteiger partial charge in [-0.1, -0.05) is 20.8 Å². The third-order valence-corrected chi connectivity index (χ3v) is 2.84. The number of carbonyl (C=O) groups excluding carboxylic acids is 1. The SMILES string of the molecule is COc1ccc(C(C)=O)c(CCC(C)(C)C)c1. The van der Waals surface area contributed by atoms with Crippen LogP contribution in [0.1, 0.15) is 50.0 Å². The zero-order valence-corrected chi connectivity index (χ0v) is 11.5. The molecule has 0 aromatic heterocycles. The molecular weight excluding hydrogens is 212 g/mol. The average Bonchev–Trinajstić information content (AvgIpc) is 2.24. The predicted molar refractivity (Wildman–Crippen MR) is 70.8 cm³/mol. The zero-order chi connectivity index (χ0) is 13.1. The molecule has 1 aromatic rings. The van der Waals surface area contributed by atoms with Crippen molar-refractivity contribution in [2.75, 3.05) is 7.11 Å². The van der Waals surface area contributed by atoms with Gasteiger partial charge >= 0.3 is 0 Å². The largest absolute Gasteiger partial charge is 0.497 e.